The van der Waals surface area contributed by atoms with E-state index >= 15 is 0 Å². The van der Waals surface area contributed by atoms with Crippen LogP contribution in [0.25, 0.3) is 11.3 Å². The molecule has 1 aromatic heterocycles. The molecule has 5 nitrogen and oxygen atoms in total. The topological polar surface area (TPSA) is 60.5 Å². The lowest BCUT2D eigenvalue weighted by Crippen LogP contribution is -2.14. The fraction of sp³-hybridized carbons (Fsp3) is 0.273. The number of nitrogens with one attached hydrogen (secondary N) is 1. The number of thiazole rings is 1. The highest BCUT2D eigenvalue weighted by atomic mass is 32.1. The molecule has 6 heteroatoms. The van der Waals surface area contributed by atoms with Crippen LogP contribution in [0.4, 0.5) is 5.13 Å². The van der Waals surface area contributed by atoms with Crippen LogP contribution in [0.15, 0.2) is 41.8 Å². The van der Waals surface area contributed by atoms with Gasteiger partial charge in [0.2, 0.25) is 5.91 Å². The summed E-state index contributed by atoms with van der Waals surface area (Å²) in [7, 11) is 3.21. The molecule has 0 fully saturated rings. The van der Waals surface area contributed by atoms with Crippen LogP contribution in [0.3, 0.4) is 0 Å². The summed E-state index contributed by atoms with van der Waals surface area (Å²) < 4.78 is 10.6. The Morgan fingerprint density at radius 3 is 2.71 bits per heavy atom. The highest BCUT2D eigenvalue weighted by Crippen LogP contribution is 2.33. The van der Waals surface area contributed by atoms with E-state index in [1.165, 1.54) is 28.9 Å². The minimum Gasteiger partial charge on any atom is -0.493 e. The Balaban J connectivity index is 1.44. The normalized spacial score (nSPS) is 12.5. The molecule has 0 aliphatic heterocycles. The molecule has 1 aliphatic carbocycles. The zero-order valence-corrected chi connectivity index (χ0v) is 16.8. The molecule has 1 aliphatic rings. The van der Waals surface area contributed by atoms with Gasteiger partial charge < -0.3 is 14.8 Å². The molecule has 3 aromatic rings. The monoisotopic (exact) mass is 394 g/mol. The molecule has 28 heavy (non-hydrogen) atoms. The standard InChI is InChI=1S/C22H22N2O3S/c1-26-19-9-8-17(12-20(19)27-2)18-13-28-22(23-18)24-21(25)11-14-6-7-15-4-3-5-16(15)10-14/h6-10,12-13H,3-5,11H2,1-2H3,(H,23,24,25). The van der Waals surface area contributed by atoms with Crippen molar-refractivity contribution in [3.63, 3.8) is 0 Å². The van der Waals surface area contributed by atoms with Crippen molar-refractivity contribution in [2.24, 2.45) is 0 Å². The molecule has 144 valence electrons. The molecule has 0 bridgehead atoms. The predicted octanol–water partition coefficient (Wildman–Crippen LogP) is 4.50. The van der Waals surface area contributed by atoms with Crippen molar-refractivity contribution in [3.05, 3.63) is 58.5 Å². The first-order chi connectivity index (χ1) is 13.7. The van der Waals surface area contributed by atoms with Crippen LogP contribution in [-0.2, 0) is 24.1 Å². The lowest BCUT2D eigenvalue weighted by atomic mass is 10.0. The first-order valence-electron chi connectivity index (χ1n) is 9.24. The number of amides is 1. The van der Waals surface area contributed by atoms with Gasteiger partial charge in [0.05, 0.1) is 26.3 Å². The van der Waals surface area contributed by atoms with Gasteiger partial charge in [-0.1, -0.05) is 18.2 Å². The number of ether oxygens (including phenoxy) is 2. The van der Waals surface area contributed by atoms with Gasteiger partial charge in [0, 0.05) is 10.9 Å². The maximum atomic E-state index is 12.4. The van der Waals surface area contributed by atoms with Crippen molar-refractivity contribution < 1.29 is 14.3 Å². The molecular formula is C22H22N2O3S. The zero-order valence-electron chi connectivity index (χ0n) is 16.0. The van der Waals surface area contributed by atoms with Gasteiger partial charge in [0.15, 0.2) is 16.6 Å². The van der Waals surface area contributed by atoms with Crippen LogP contribution in [0, 0.1) is 0 Å². The summed E-state index contributed by atoms with van der Waals surface area (Å²) in [5, 5.41) is 5.43. The number of benzene rings is 2. The second-order valence-electron chi connectivity index (χ2n) is 6.79. The van der Waals surface area contributed by atoms with E-state index in [9.17, 15) is 4.79 Å². The molecule has 0 radical (unpaired) electrons. The van der Waals surface area contributed by atoms with E-state index in [1.54, 1.807) is 14.2 Å². The summed E-state index contributed by atoms with van der Waals surface area (Å²) in [6, 6.07) is 12.0. The maximum absolute atomic E-state index is 12.4. The van der Waals surface area contributed by atoms with Crippen LogP contribution in [-0.4, -0.2) is 25.1 Å². The Morgan fingerprint density at radius 1 is 1.07 bits per heavy atom. The predicted molar refractivity (Wildman–Crippen MR) is 111 cm³/mol. The number of methoxy groups -OCH3 is 2. The van der Waals surface area contributed by atoms with Gasteiger partial charge in [0.1, 0.15) is 0 Å². The SMILES string of the molecule is COc1ccc(-c2csc(NC(=O)Cc3ccc4c(c3)CCC4)n2)cc1OC. The van der Waals surface area contributed by atoms with Crippen molar-refractivity contribution in [1.82, 2.24) is 4.98 Å². The van der Waals surface area contributed by atoms with E-state index < -0.39 is 0 Å². The quantitative estimate of drug-likeness (QED) is 0.669. The van der Waals surface area contributed by atoms with Crippen molar-refractivity contribution in [1.29, 1.82) is 0 Å². The third-order valence-electron chi connectivity index (χ3n) is 4.96. The van der Waals surface area contributed by atoms with E-state index in [0.29, 0.717) is 23.1 Å². The van der Waals surface area contributed by atoms with Gasteiger partial charge in [-0.2, -0.15) is 0 Å². The molecule has 0 atom stereocenters. The average molecular weight is 394 g/mol. The van der Waals surface area contributed by atoms with Crippen LogP contribution >= 0.6 is 11.3 Å². The van der Waals surface area contributed by atoms with Crippen LogP contribution < -0.4 is 14.8 Å². The lowest BCUT2D eigenvalue weighted by molar-refractivity contribution is -0.115. The molecule has 0 spiro atoms. The Kier molecular flexibility index (Phi) is 5.30. The summed E-state index contributed by atoms with van der Waals surface area (Å²) in [6.45, 7) is 0. The van der Waals surface area contributed by atoms with Gasteiger partial charge in [-0.25, -0.2) is 4.98 Å². The molecule has 1 N–H and O–H groups in total. The molecule has 2 aromatic carbocycles. The number of nitrogens with zero attached hydrogens (tertiary/aromatic N) is 1. The van der Waals surface area contributed by atoms with Gasteiger partial charge in [-0.15, -0.1) is 11.3 Å². The van der Waals surface area contributed by atoms with Crippen LogP contribution in [0.5, 0.6) is 11.5 Å². The molecule has 0 saturated heterocycles. The summed E-state index contributed by atoms with van der Waals surface area (Å²) in [5.41, 5.74) is 5.56. The summed E-state index contributed by atoms with van der Waals surface area (Å²) in [4.78, 5) is 17.0. The van der Waals surface area contributed by atoms with E-state index in [-0.39, 0.29) is 5.91 Å². The fourth-order valence-electron chi connectivity index (χ4n) is 3.54. The van der Waals surface area contributed by atoms with Crippen molar-refractivity contribution in [2.75, 3.05) is 19.5 Å². The van der Waals surface area contributed by atoms with Crippen molar-refractivity contribution in [2.45, 2.75) is 25.7 Å². The first-order valence-corrected chi connectivity index (χ1v) is 10.1. The number of aromatic nitrogens is 1. The van der Waals surface area contributed by atoms with Crippen LogP contribution in [0.1, 0.15) is 23.1 Å². The average Bonchev–Trinajstić information content (AvgIpc) is 3.36. The van der Waals surface area contributed by atoms with E-state index in [2.05, 4.69) is 28.5 Å². The van der Waals surface area contributed by atoms with Crippen molar-refractivity contribution in [3.8, 4) is 22.8 Å². The molecule has 1 heterocycles. The van der Waals surface area contributed by atoms with Gasteiger partial charge in [-0.3, -0.25) is 4.79 Å². The fourth-order valence-corrected chi connectivity index (χ4v) is 4.28. The smallest absolute Gasteiger partial charge is 0.230 e. The largest absolute Gasteiger partial charge is 0.493 e. The van der Waals surface area contributed by atoms with E-state index in [0.717, 1.165) is 29.7 Å². The van der Waals surface area contributed by atoms with E-state index in [1.807, 2.05) is 23.6 Å². The Hall–Kier alpha value is -2.86. The minimum atomic E-state index is -0.0499. The number of anilines is 1. The second kappa shape index (κ2) is 8.02. The maximum Gasteiger partial charge on any atom is 0.230 e. The highest BCUT2D eigenvalue weighted by Gasteiger charge is 2.14. The molecule has 0 unspecified atom stereocenters. The first kappa shape index (κ1) is 18.5. The number of fused-ring (bicyclic) bond motifs is 1. The third kappa shape index (κ3) is 3.87. The zero-order chi connectivity index (χ0) is 19.5. The highest BCUT2D eigenvalue weighted by molar-refractivity contribution is 7.14. The number of rotatable bonds is 6. The number of carbonyl (C=O) groups excluding carboxylic acids is 1. The second-order valence-corrected chi connectivity index (χ2v) is 7.65. The lowest BCUT2D eigenvalue weighted by Gasteiger charge is -2.08. The van der Waals surface area contributed by atoms with Gasteiger partial charge in [0.25, 0.3) is 0 Å². The molecule has 1 amide bonds. The summed E-state index contributed by atoms with van der Waals surface area (Å²) in [5.74, 6) is 1.27. The number of hydrogen-bond acceptors (Lipinski definition) is 5. The van der Waals surface area contributed by atoms with E-state index in [4.69, 9.17) is 9.47 Å². The number of hydrogen-bond donors (Lipinski definition) is 1. The molecular weight excluding hydrogens is 372 g/mol. The molecule has 4 rings (SSSR count). The third-order valence-corrected chi connectivity index (χ3v) is 5.72. The number of carbonyl (C=O) groups is 1. The van der Waals surface area contributed by atoms with Gasteiger partial charge >= 0.3 is 0 Å². The summed E-state index contributed by atoms with van der Waals surface area (Å²) >= 11 is 1.41. The molecule has 0 saturated carbocycles. The Morgan fingerprint density at radius 2 is 1.89 bits per heavy atom. The van der Waals surface area contributed by atoms with Crippen molar-refractivity contribution >= 4 is 22.4 Å². The van der Waals surface area contributed by atoms with Crippen LogP contribution in [0.2, 0.25) is 0 Å². The van der Waals surface area contributed by atoms with Gasteiger partial charge in [-0.05, 0) is 54.2 Å². The summed E-state index contributed by atoms with van der Waals surface area (Å²) in [6.07, 6.45) is 3.84. The Labute approximate surface area is 168 Å². The number of aryl methyl sites for hydroxylation is 2. The minimum absolute atomic E-state index is 0.0499. The Bertz CT molecular complexity index is 1010.